The van der Waals surface area contributed by atoms with Crippen molar-refractivity contribution in [2.24, 2.45) is 0 Å². The third kappa shape index (κ3) is 4.27. The van der Waals surface area contributed by atoms with Crippen LogP contribution in [0.15, 0.2) is 28.7 Å². The summed E-state index contributed by atoms with van der Waals surface area (Å²) in [7, 11) is 0. The van der Waals surface area contributed by atoms with E-state index in [1.165, 1.54) is 0 Å². The first-order valence-electron chi connectivity index (χ1n) is 6.37. The van der Waals surface area contributed by atoms with Crippen molar-refractivity contribution in [3.8, 4) is 6.07 Å². The van der Waals surface area contributed by atoms with Crippen LogP contribution in [0.5, 0.6) is 0 Å². The lowest BCUT2D eigenvalue weighted by atomic mass is 9.93. The van der Waals surface area contributed by atoms with Crippen LogP contribution in [0.1, 0.15) is 50.5 Å². The third-order valence-corrected chi connectivity index (χ3v) is 3.67. The van der Waals surface area contributed by atoms with E-state index in [2.05, 4.69) is 28.9 Å². The van der Waals surface area contributed by atoms with E-state index in [0.29, 0.717) is 6.42 Å². The molecule has 0 amide bonds. The van der Waals surface area contributed by atoms with E-state index in [4.69, 9.17) is 0 Å². The van der Waals surface area contributed by atoms with Crippen LogP contribution in [0.3, 0.4) is 0 Å². The molecule has 0 saturated heterocycles. The van der Waals surface area contributed by atoms with E-state index < -0.39 is 5.92 Å². The van der Waals surface area contributed by atoms with E-state index in [9.17, 15) is 10.1 Å². The standard InChI is InChI=1S/C15H18BrNO/c1-2-3-4-5-10-15(18)13(11-17)12-8-6-7-9-14(12)16/h6-9,13H,2-5,10H2,1H3. The van der Waals surface area contributed by atoms with Crippen LogP contribution >= 0.6 is 15.9 Å². The number of Topliss-reactive ketones (excluding diaryl/α,β-unsaturated/α-hetero) is 1. The van der Waals surface area contributed by atoms with Gasteiger partial charge in [0.15, 0.2) is 5.78 Å². The summed E-state index contributed by atoms with van der Waals surface area (Å²) in [5, 5.41) is 9.19. The second kappa shape index (κ2) is 8.05. The zero-order chi connectivity index (χ0) is 13.4. The summed E-state index contributed by atoms with van der Waals surface area (Å²) < 4.78 is 0.832. The Kier molecular flexibility index (Phi) is 6.67. The summed E-state index contributed by atoms with van der Waals surface area (Å²) in [6.07, 6.45) is 4.75. The molecule has 0 aliphatic carbocycles. The van der Waals surface area contributed by atoms with Crippen LogP contribution in [0.4, 0.5) is 0 Å². The molecule has 0 saturated carbocycles. The van der Waals surface area contributed by atoms with Gasteiger partial charge in [-0.2, -0.15) is 5.26 Å². The van der Waals surface area contributed by atoms with Gasteiger partial charge >= 0.3 is 0 Å². The van der Waals surface area contributed by atoms with Crippen LogP contribution in [0.25, 0.3) is 0 Å². The minimum absolute atomic E-state index is 0.0282. The van der Waals surface area contributed by atoms with Gasteiger partial charge in [0.05, 0.1) is 6.07 Å². The van der Waals surface area contributed by atoms with Gasteiger partial charge in [0.1, 0.15) is 5.92 Å². The lowest BCUT2D eigenvalue weighted by Crippen LogP contribution is -2.11. The van der Waals surface area contributed by atoms with Crippen molar-refractivity contribution in [1.29, 1.82) is 5.26 Å². The van der Waals surface area contributed by atoms with Gasteiger partial charge in [-0.15, -0.1) is 0 Å². The van der Waals surface area contributed by atoms with E-state index in [1.807, 2.05) is 24.3 Å². The lowest BCUT2D eigenvalue weighted by molar-refractivity contribution is -0.119. The molecule has 1 aromatic carbocycles. The van der Waals surface area contributed by atoms with Gasteiger partial charge in [-0.25, -0.2) is 0 Å². The molecule has 1 aromatic rings. The molecule has 1 rings (SSSR count). The maximum atomic E-state index is 12.0. The molecule has 2 nitrogen and oxygen atoms in total. The quantitative estimate of drug-likeness (QED) is 0.691. The highest BCUT2D eigenvalue weighted by Crippen LogP contribution is 2.26. The first-order chi connectivity index (χ1) is 8.70. The number of rotatable bonds is 7. The van der Waals surface area contributed by atoms with Gasteiger partial charge in [0.2, 0.25) is 0 Å². The molecule has 1 unspecified atom stereocenters. The normalized spacial score (nSPS) is 11.8. The van der Waals surface area contributed by atoms with E-state index in [0.717, 1.165) is 35.7 Å². The summed E-state index contributed by atoms with van der Waals surface area (Å²) in [5.74, 6) is -0.609. The Morgan fingerprint density at radius 2 is 2.06 bits per heavy atom. The average molecular weight is 308 g/mol. The fourth-order valence-corrected chi connectivity index (χ4v) is 2.41. The fourth-order valence-electron chi connectivity index (χ4n) is 1.89. The first kappa shape index (κ1) is 14.9. The Labute approximate surface area is 117 Å². The van der Waals surface area contributed by atoms with E-state index >= 15 is 0 Å². The second-order valence-corrected chi connectivity index (χ2v) is 5.21. The number of benzene rings is 1. The van der Waals surface area contributed by atoms with Gasteiger partial charge in [-0.1, -0.05) is 60.3 Å². The fraction of sp³-hybridized carbons (Fsp3) is 0.467. The van der Waals surface area contributed by atoms with E-state index in [-0.39, 0.29) is 5.78 Å². The number of halogens is 1. The molecule has 96 valence electrons. The van der Waals surface area contributed by atoms with Crippen LogP contribution in [0.2, 0.25) is 0 Å². The van der Waals surface area contributed by atoms with Gasteiger partial charge < -0.3 is 0 Å². The van der Waals surface area contributed by atoms with Crippen molar-refractivity contribution < 1.29 is 4.79 Å². The molecule has 18 heavy (non-hydrogen) atoms. The molecule has 1 atom stereocenters. The predicted molar refractivity (Wildman–Crippen MR) is 76.3 cm³/mol. The molecule has 0 radical (unpaired) electrons. The van der Waals surface area contributed by atoms with Gasteiger partial charge in [0.25, 0.3) is 0 Å². The Bertz CT molecular complexity index is 436. The molecule has 0 spiro atoms. The maximum absolute atomic E-state index is 12.0. The van der Waals surface area contributed by atoms with Crippen LogP contribution in [-0.2, 0) is 4.79 Å². The SMILES string of the molecule is CCCCCCC(=O)C(C#N)c1ccccc1Br. The van der Waals surface area contributed by atoms with Crippen molar-refractivity contribution in [1.82, 2.24) is 0 Å². The van der Waals surface area contributed by atoms with Gasteiger partial charge in [-0.3, -0.25) is 4.79 Å². The zero-order valence-corrected chi connectivity index (χ0v) is 12.2. The van der Waals surface area contributed by atoms with E-state index in [1.54, 1.807) is 0 Å². The highest BCUT2D eigenvalue weighted by Gasteiger charge is 2.21. The summed E-state index contributed by atoms with van der Waals surface area (Å²) in [6, 6.07) is 9.56. The minimum atomic E-state index is -0.637. The zero-order valence-electron chi connectivity index (χ0n) is 10.7. The number of hydrogen-bond donors (Lipinski definition) is 0. The summed E-state index contributed by atoms with van der Waals surface area (Å²) >= 11 is 3.40. The number of carbonyl (C=O) groups excluding carboxylic acids is 1. The highest BCUT2D eigenvalue weighted by atomic mass is 79.9. The molecule has 3 heteroatoms. The van der Waals surface area contributed by atoms with Crippen molar-refractivity contribution in [3.05, 3.63) is 34.3 Å². The second-order valence-electron chi connectivity index (χ2n) is 4.36. The Morgan fingerprint density at radius 1 is 1.33 bits per heavy atom. The lowest BCUT2D eigenvalue weighted by Gasteiger charge is -2.10. The van der Waals surface area contributed by atoms with Crippen molar-refractivity contribution in [2.45, 2.75) is 44.9 Å². The highest BCUT2D eigenvalue weighted by molar-refractivity contribution is 9.10. The molecule has 0 aliphatic heterocycles. The van der Waals surface area contributed by atoms with Gasteiger partial charge in [-0.05, 0) is 18.1 Å². The minimum Gasteiger partial charge on any atom is -0.298 e. The van der Waals surface area contributed by atoms with Crippen molar-refractivity contribution >= 4 is 21.7 Å². The molecule has 0 aromatic heterocycles. The Morgan fingerprint density at radius 3 is 2.67 bits per heavy atom. The number of nitrogens with zero attached hydrogens (tertiary/aromatic N) is 1. The average Bonchev–Trinajstić information content (AvgIpc) is 2.38. The predicted octanol–water partition coefficient (Wildman–Crippen LogP) is 4.60. The largest absolute Gasteiger partial charge is 0.298 e. The van der Waals surface area contributed by atoms with Crippen LogP contribution in [0, 0.1) is 11.3 Å². The first-order valence-corrected chi connectivity index (χ1v) is 7.16. The number of hydrogen-bond acceptors (Lipinski definition) is 2. The topological polar surface area (TPSA) is 40.9 Å². The number of carbonyl (C=O) groups is 1. The Hall–Kier alpha value is -1.14. The summed E-state index contributed by atoms with van der Waals surface area (Å²) in [5.41, 5.74) is 0.778. The summed E-state index contributed by atoms with van der Waals surface area (Å²) in [6.45, 7) is 2.14. The van der Waals surface area contributed by atoms with Crippen molar-refractivity contribution in [2.75, 3.05) is 0 Å². The maximum Gasteiger partial charge on any atom is 0.154 e. The smallest absolute Gasteiger partial charge is 0.154 e. The number of ketones is 1. The molecule has 0 bridgehead atoms. The monoisotopic (exact) mass is 307 g/mol. The molecule has 0 heterocycles. The molecule has 0 aliphatic rings. The Balaban J connectivity index is 2.64. The molecular weight excluding hydrogens is 290 g/mol. The third-order valence-electron chi connectivity index (χ3n) is 2.94. The number of unbranched alkanes of at least 4 members (excludes halogenated alkanes) is 3. The molecular formula is C15H18BrNO. The van der Waals surface area contributed by atoms with Crippen LogP contribution in [-0.4, -0.2) is 5.78 Å². The summed E-state index contributed by atoms with van der Waals surface area (Å²) in [4.78, 5) is 12.0. The van der Waals surface area contributed by atoms with Crippen molar-refractivity contribution in [3.63, 3.8) is 0 Å². The molecule has 0 N–H and O–H groups in total. The number of nitriles is 1. The van der Waals surface area contributed by atoms with Crippen LogP contribution < -0.4 is 0 Å². The van der Waals surface area contributed by atoms with Gasteiger partial charge in [0, 0.05) is 10.9 Å². The molecule has 0 fully saturated rings.